The number of benzene rings is 1. The summed E-state index contributed by atoms with van der Waals surface area (Å²) in [4.78, 5) is 12.3. The van der Waals surface area contributed by atoms with Crippen molar-refractivity contribution >= 4 is 27.5 Å². The van der Waals surface area contributed by atoms with E-state index in [2.05, 4.69) is 5.32 Å². The van der Waals surface area contributed by atoms with Crippen LogP contribution in [0.1, 0.15) is 37.6 Å². The monoisotopic (exact) mass is 418 g/mol. The molecule has 1 aromatic carbocycles. The summed E-state index contributed by atoms with van der Waals surface area (Å²) in [5, 5.41) is 2.85. The Hall–Kier alpha value is -1.19. The number of hydrogen-bond acceptors (Lipinski definition) is 5. The number of ether oxygens (including phenoxy) is 2. The summed E-state index contributed by atoms with van der Waals surface area (Å²) in [5.41, 5.74) is 0.253. The van der Waals surface area contributed by atoms with E-state index in [1.54, 1.807) is 0 Å². The minimum absolute atomic E-state index is 0.0626. The van der Waals surface area contributed by atoms with Gasteiger partial charge >= 0.3 is 0 Å². The van der Waals surface area contributed by atoms with Gasteiger partial charge in [-0.05, 0) is 45.4 Å². The van der Waals surface area contributed by atoms with Crippen LogP contribution < -0.4 is 5.32 Å². The number of hydrogen-bond donors (Lipinski definition) is 1. The van der Waals surface area contributed by atoms with Gasteiger partial charge in [-0.3, -0.25) is 4.79 Å². The molecular weight excluding hydrogens is 392 g/mol. The number of morpholine rings is 1. The van der Waals surface area contributed by atoms with Gasteiger partial charge in [0.1, 0.15) is 4.90 Å². The van der Waals surface area contributed by atoms with Gasteiger partial charge in [-0.15, -0.1) is 0 Å². The van der Waals surface area contributed by atoms with Crippen LogP contribution >= 0.6 is 11.6 Å². The number of carbonyl (C=O) groups excluding carboxylic acids is 1. The first-order valence-electron chi connectivity index (χ1n) is 9.06. The molecule has 1 fully saturated rings. The molecule has 0 bridgehead atoms. The first kappa shape index (κ1) is 22.1. The van der Waals surface area contributed by atoms with Gasteiger partial charge in [-0.1, -0.05) is 11.6 Å². The van der Waals surface area contributed by atoms with E-state index in [-0.39, 0.29) is 46.7 Å². The summed E-state index contributed by atoms with van der Waals surface area (Å²) in [5.74, 6) is -0.344. The van der Waals surface area contributed by atoms with Crippen molar-refractivity contribution in [2.45, 2.75) is 44.3 Å². The zero-order valence-corrected chi connectivity index (χ0v) is 17.5. The average molecular weight is 419 g/mol. The predicted molar refractivity (Wildman–Crippen MR) is 104 cm³/mol. The topological polar surface area (TPSA) is 84.9 Å². The number of amides is 1. The van der Waals surface area contributed by atoms with E-state index >= 15 is 0 Å². The van der Waals surface area contributed by atoms with E-state index in [9.17, 15) is 13.2 Å². The van der Waals surface area contributed by atoms with Crippen LogP contribution in [0.15, 0.2) is 23.1 Å². The van der Waals surface area contributed by atoms with Crippen LogP contribution in [0.4, 0.5) is 0 Å². The summed E-state index contributed by atoms with van der Waals surface area (Å²) in [6, 6.07) is 4.29. The molecule has 0 unspecified atom stereocenters. The van der Waals surface area contributed by atoms with Gasteiger partial charge in [0.2, 0.25) is 10.0 Å². The molecule has 1 heterocycles. The van der Waals surface area contributed by atoms with Gasteiger partial charge in [-0.2, -0.15) is 4.31 Å². The third kappa shape index (κ3) is 5.89. The lowest BCUT2D eigenvalue weighted by molar-refractivity contribution is -0.0440. The Kier molecular flexibility index (Phi) is 8.05. The summed E-state index contributed by atoms with van der Waals surface area (Å²) in [7, 11) is -3.83. The van der Waals surface area contributed by atoms with Crippen LogP contribution in [0.3, 0.4) is 0 Å². The Morgan fingerprint density at radius 1 is 1.33 bits per heavy atom. The molecule has 0 saturated carbocycles. The lowest BCUT2D eigenvalue weighted by atomic mass is 10.2. The van der Waals surface area contributed by atoms with E-state index in [0.29, 0.717) is 26.2 Å². The molecule has 2 rings (SSSR count). The zero-order valence-electron chi connectivity index (χ0n) is 15.9. The van der Waals surface area contributed by atoms with Gasteiger partial charge in [-0.25, -0.2) is 8.42 Å². The van der Waals surface area contributed by atoms with E-state index in [1.807, 2.05) is 20.8 Å². The highest BCUT2D eigenvalue weighted by Gasteiger charge is 2.33. The van der Waals surface area contributed by atoms with Crippen LogP contribution in [0, 0.1) is 0 Å². The first-order valence-corrected chi connectivity index (χ1v) is 10.9. The first-order chi connectivity index (χ1) is 12.8. The number of carbonyl (C=O) groups is 1. The number of rotatable bonds is 8. The summed E-state index contributed by atoms with van der Waals surface area (Å²) >= 11 is 6.15. The Balaban J connectivity index is 2.15. The Labute approximate surface area is 166 Å². The molecule has 0 spiro atoms. The smallest absolute Gasteiger partial charge is 0.251 e. The molecule has 1 amide bonds. The summed E-state index contributed by atoms with van der Waals surface area (Å²) in [6.45, 7) is 7.69. The maximum atomic E-state index is 13.0. The highest BCUT2D eigenvalue weighted by atomic mass is 35.5. The molecule has 2 atom stereocenters. The molecular formula is C18H27ClN2O5S. The number of nitrogens with one attached hydrogen (secondary N) is 1. The second-order valence-corrected chi connectivity index (χ2v) is 8.84. The standard InChI is InChI=1S/C18H27ClN2O5S/c1-4-25-9-5-8-20-18(22)15-6-7-16(19)17(10-15)27(23,24)21-11-13(2)26-14(3)12-21/h6-7,10,13-14H,4-5,8-9,11-12H2,1-3H3,(H,20,22)/t13-,14+. The lowest BCUT2D eigenvalue weighted by Crippen LogP contribution is -2.48. The number of halogens is 1. The maximum Gasteiger partial charge on any atom is 0.251 e. The van der Waals surface area contributed by atoms with E-state index in [0.717, 1.165) is 0 Å². The summed E-state index contributed by atoms with van der Waals surface area (Å²) in [6.07, 6.45) is 0.264. The Morgan fingerprint density at radius 3 is 2.63 bits per heavy atom. The third-order valence-corrected chi connectivity index (χ3v) is 6.47. The molecule has 152 valence electrons. The van der Waals surface area contributed by atoms with Crippen LogP contribution in [0.25, 0.3) is 0 Å². The molecule has 1 aliphatic heterocycles. The highest BCUT2D eigenvalue weighted by Crippen LogP contribution is 2.28. The van der Waals surface area contributed by atoms with Crippen molar-refractivity contribution in [3.8, 4) is 0 Å². The van der Waals surface area contributed by atoms with Crippen molar-refractivity contribution in [1.82, 2.24) is 9.62 Å². The minimum atomic E-state index is -3.83. The fourth-order valence-electron chi connectivity index (χ4n) is 2.93. The highest BCUT2D eigenvalue weighted by molar-refractivity contribution is 7.89. The predicted octanol–water partition coefficient (Wildman–Crippen LogP) is 2.29. The van der Waals surface area contributed by atoms with E-state index in [4.69, 9.17) is 21.1 Å². The van der Waals surface area contributed by atoms with Crippen molar-refractivity contribution in [3.63, 3.8) is 0 Å². The molecule has 1 aliphatic rings. The fraction of sp³-hybridized carbons (Fsp3) is 0.611. The fourth-order valence-corrected chi connectivity index (χ4v) is 5.02. The van der Waals surface area contributed by atoms with Crippen molar-refractivity contribution in [3.05, 3.63) is 28.8 Å². The molecule has 1 aromatic rings. The van der Waals surface area contributed by atoms with Gasteiger partial charge in [0, 0.05) is 38.4 Å². The molecule has 9 heteroatoms. The second kappa shape index (κ2) is 9.84. The molecule has 0 aromatic heterocycles. The molecule has 27 heavy (non-hydrogen) atoms. The molecule has 1 N–H and O–H groups in total. The van der Waals surface area contributed by atoms with Crippen LogP contribution in [-0.2, 0) is 19.5 Å². The normalized spacial score (nSPS) is 21.2. The lowest BCUT2D eigenvalue weighted by Gasteiger charge is -2.34. The Morgan fingerprint density at radius 2 is 2.00 bits per heavy atom. The largest absolute Gasteiger partial charge is 0.382 e. The third-order valence-electron chi connectivity index (χ3n) is 4.15. The Bertz CT molecular complexity index is 746. The van der Waals surface area contributed by atoms with Crippen molar-refractivity contribution in [2.75, 3.05) is 32.8 Å². The van der Waals surface area contributed by atoms with Crippen LogP contribution in [0.5, 0.6) is 0 Å². The van der Waals surface area contributed by atoms with Crippen LogP contribution in [-0.4, -0.2) is 63.7 Å². The van der Waals surface area contributed by atoms with Crippen molar-refractivity contribution in [1.29, 1.82) is 0 Å². The number of sulfonamides is 1. The van der Waals surface area contributed by atoms with Gasteiger partial charge in [0.15, 0.2) is 0 Å². The maximum absolute atomic E-state index is 13.0. The molecule has 7 nitrogen and oxygen atoms in total. The molecule has 0 aliphatic carbocycles. The minimum Gasteiger partial charge on any atom is -0.382 e. The molecule has 0 radical (unpaired) electrons. The van der Waals surface area contributed by atoms with Crippen molar-refractivity contribution < 1.29 is 22.7 Å². The van der Waals surface area contributed by atoms with Gasteiger partial charge < -0.3 is 14.8 Å². The molecule has 1 saturated heterocycles. The SMILES string of the molecule is CCOCCCNC(=O)c1ccc(Cl)c(S(=O)(=O)N2C[C@@H](C)O[C@@H](C)C2)c1. The number of nitrogens with zero attached hydrogens (tertiary/aromatic N) is 1. The average Bonchev–Trinajstić information content (AvgIpc) is 2.60. The quantitative estimate of drug-likeness (QED) is 0.655. The van der Waals surface area contributed by atoms with Crippen LogP contribution in [0.2, 0.25) is 5.02 Å². The van der Waals surface area contributed by atoms with E-state index < -0.39 is 10.0 Å². The van der Waals surface area contributed by atoms with Gasteiger partial charge in [0.05, 0.1) is 17.2 Å². The second-order valence-electron chi connectivity index (χ2n) is 6.53. The van der Waals surface area contributed by atoms with Crippen molar-refractivity contribution in [2.24, 2.45) is 0 Å². The summed E-state index contributed by atoms with van der Waals surface area (Å²) < 4.78 is 38.3. The van der Waals surface area contributed by atoms with E-state index in [1.165, 1.54) is 22.5 Å². The zero-order chi connectivity index (χ0) is 20.0. The van der Waals surface area contributed by atoms with Gasteiger partial charge in [0.25, 0.3) is 5.91 Å².